The first-order valence-electron chi connectivity index (χ1n) is 6.10. The van der Waals surface area contributed by atoms with Gasteiger partial charge in [0.15, 0.2) is 0 Å². The molecule has 0 radical (unpaired) electrons. The van der Waals surface area contributed by atoms with Gasteiger partial charge in [0.05, 0.1) is 18.3 Å². The molecular weight excluding hydrogens is 202 g/mol. The quantitative estimate of drug-likeness (QED) is 0.771. The molecule has 0 saturated carbocycles. The number of rotatable bonds is 3. The second kappa shape index (κ2) is 4.33. The van der Waals surface area contributed by atoms with Crippen LogP contribution in [-0.2, 0) is 4.74 Å². The van der Waals surface area contributed by atoms with Crippen LogP contribution in [0.1, 0.15) is 33.1 Å². The molecule has 0 amide bonds. The van der Waals surface area contributed by atoms with Gasteiger partial charge < -0.3 is 10.5 Å². The minimum Gasteiger partial charge on any atom is -0.372 e. The second-order valence-electron chi connectivity index (χ2n) is 5.49. The Morgan fingerprint density at radius 1 is 1.50 bits per heavy atom. The smallest absolute Gasteiger partial charge is 0.102 e. The molecule has 2 aliphatic rings. The van der Waals surface area contributed by atoms with Gasteiger partial charge in [0.2, 0.25) is 0 Å². The van der Waals surface area contributed by atoms with Gasteiger partial charge in [0, 0.05) is 19.1 Å². The third-order valence-electron chi connectivity index (χ3n) is 3.67. The third-order valence-corrected chi connectivity index (χ3v) is 3.67. The Kier molecular flexibility index (Phi) is 3.20. The van der Waals surface area contributed by atoms with Crippen LogP contribution in [0.25, 0.3) is 0 Å². The summed E-state index contributed by atoms with van der Waals surface area (Å²) < 4.78 is 5.80. The molecule has 4 unspecified atom stereocenters. The van der Waals surface area contributed by atoms with Crippen molar-refractivity contribution in [2.45, 2.75) is 56.9 Å². The predicted molar refractivity (Wildman–Crippen MR) is 61.8 cm³/mol. The number of ether oxygens (including phenoxy) is 1. The fourth-order valence-corrected chi connectivity index (χ4v) is 2.79. The zero-order valence-corrected chi connectivity index (χ0v) is 10.1. The Morgan fingerprint density at radius 2 is 2.06 bits per heavy atom. The van der Waals surface area contributed by atoms with Crippen LogP contribution in [0.3, 0.4) is 0 Å². The van der Waals surface area contributed by atoms with E-state index >= 15 is 0 Å². The third kappa shape index (κ3) is 2.54. The van der Waals surface area contributed by atoms with Crippen LogP contribution < -0.4 is 5.73 Å². The van der Waals surface area contributed by atoms with E-state index in [-0.39, 0.29) is 0 Å². The minimum absolute atomic E-state index is 0.363. The van der Waals surface area contributed by atoms with Gasteiger partial charge in [0.25, 0.3) is 0 Å². The van der Waals surface area contributed by atoms with E-state index in [0.717, 1.165) is 19.5 Å². The molecule has 4 heteroatoms. The first kappa shape index (κ1) is 11.8. The number of morpholine rings is 1. The maximum absolute atomic E-state index is 8.94. The van der Waals surface area contributed by atoms with Crippen molar-refractivity contribution in [3.8, 4) is 6.07 Å². The van der Waals surface area contributed by atoms with Crippen molar-refractivity contribution in [2.24, 2.45) is 5.73 Å². The van der Waals surface area contributed by atoms with Gasteiger partial charge in [-0.05, 0) is 33.1 Å². The molecule has 0 aliphatic carbocycles. The standard InChI is InChI=1S/C12H21N3O/c1-9(5-12(2,14)8-13)15-6-10-3-4-11(7-15)16-10/h9-11H,3-7,14H2,1-2H3. The largest absolute Gasteiger partial charge is 0.372 e. The van der Waals surface area contributed by atoms with Gasteiger partial charge in [-0.1, -0.05) is 0 Å². The van der Waals surface area contributed by atoms with Crippen LogP contribution in [0, 0.1) is 11.3 Å². The van der Waals surface area contributed by atoms with Gasteiger partial charge in [0.1, 0.15) is 5.54 Å². The lowest BCUT2D eigenvalue weighted by atomic mass is 9.95. The lowest BCUT2D eigenvalue weighted by molar-refractivity contribution is -0.0526. The Hall–Kier alpha value is -0.630. The molecule has 2 bridgehead atoms. The van der Waals surface area contributed by atoms with Gasteiger partial charge in [-0.25, -0.2) is 0 Å². The van der Waals surface area contributed by atoms with E-state index < -0.39 is 5.54 Å². The van der Waals surface area contributed by atoms with Crippen LogP contribution in [-0.4, -0.2) is 41.8 Å². The van der Waals surface area contributed by atoms with Crippen molar-refractivity contribution in [1.29, 1.82) is 5.26 Å². The van der Waals surface area contributed by atoms with Crippen LogP contribution in [0.2, 0.25) is 0 Å². The summed E-state index contributed by atoms with van der Waals surface area (Å²) in [5, 5.41) is 8.94. The normalized spacial score (nSPS) is 35.4. The van der Waals surface area contributed by atoms with Crippen molar-refractivity contribution in [2.75, 3.05) is 13.1 Å². The molecule has 2 fully saturated rings. The molecule has 2 saturated heterocycles. The van der Waals surface area contributed by atoms with Crippen molar-refractivity contribution < 1.29 is 4.74 Å². The fraction of sp³-hybridized carbons (Fsp3) is 0.917. The van der Waals surface area contributed by atoms with Crippen LogP contribution in [0.5, 0.6) is 0 Å². The summed E-state index contributed by atoms with van der Waals surface area (Å²) in [6.45, 7) is 5.96. The zero-order valence-electron chi connectivity index (χ0n) is 10.1. The molecule has 2 rings (SSSR count). The zero-order chi connectivity index (χ0) is 11.8. The van der Waals surface area contributed by atoms with Gasteiger partial charge in [-0.15, -0.1) is 0 Å². The molecule has 4 atom stereocenters. The number of likely N-dealkylation sites (tertiary alicyclic amines) is 1. The Balaban J connectivity index is 1.91. The highest BCUT2D eigenvalue weighted by Gasteiger charge is 2.36. The van der Waals surface area contributed by atoms with Gasteiger partial charge >= 0.3 is 0 Å². The molecule has 2 heterocycles. The highest BCUT2D eigenvalue weighted by atomic mass is 16.5. The fourth-order valence-electron chi connectivity index (χ4n) is 2.79. The topological polar surface area (TPSA) is 62.3 Å². The van der Waals surface area contributed by atoms with E-state index in [1.165, 1.54) is 12.8 Å². The van der Waals surface area contributed by atoms with Crippen molar-refractivity contribution in [1.82, 2.24) is 4.90 Å². The predicted octanol–water partition coefficient (Wildman–Crippen LogP) is 0.869. The Labute approximate surface area is 97.3 Å². The first-order valence-corrected chi connectivity index (χ1v) is 6.10. The van der Waals surface area contributed by atoms with Gasteiger partial charge in [-0.2, -0.15) is 5.26 Å². The van der Waals surface area contributed by atoms with Crippen molar-refractivity contribution in [3.05, 3.63) is 0 Å². The van der Waals surface area contributed by atoms with E-state index in [1.54, 1.807) is 6.92 Å². The van der Waals surface area contributed by atoms with E-state index in [9.17, 15) is 0 Å². The number of fused-ring (bicyclic) bond motifs is 2. The molecule has 2 aliphatic heterocycles. The maximum Gasteiger partial charge on any atom is 0.102 e. The summed E-state index contributed by atoms with van der Waals surface area (Å²) in [6.07, 6.45) is 3.92. The lowest BCUT2D eigenvalue weighted by Crippen LogP contribution is -2.50. The molecule has 0 aromatic rings. The molecular formula is C12H21N3O. The molecule has 90 valence electrons. The number of nitriles is 1. The summed E-state index contributed by atoms with van der Waals surface area (Å²) in [6, 6.07) is 2.53. The molecule has 16 heavy (non-hydrogen) atoms. The SMILES string of the molecule is CC(CC(C)(N)C#N)N1CC2CCC(C1)O2. The highest BCUT2D eigenvalue weighted by molar-refractivity contribution is 5.03. The van der Waals surface area contributed by atoms with Crippen molar-refractivity contribution in [3.63, 3.8) is 0 Å². The highest BCUT2D eigenvalue weighted by Crippen LogP contribution is 2.28. The molecule has 4 nitrogen and oxygen atoms in total. The van der Waals surface area contributed by atoms with Crippen LogP contribution in [0.4, 0.5) is 0 Å². The number of hydrogen-bond donors (Lipinski definition) is 1. The maximum atomic E-state index is 8.94. The van der Waals surface area contributed by atoms with Gasteiger partial charge in [-0.3, -0.25) is 4.90 Å². The Bertz CT molecular complexity index is 285. The first-order chi connectivity index (χ1) is 7.50. The molecule has 0 aromatic heterocycles. The monoisotopic (exact) mass is 223 g/mol. The Morgan fingerprint density at radius 3 is 2.56 bits per heavy atom. The number of hydrogen-bond acceptors (Lipinski definition) is 4. The minimum atomic E-state index is -0.712. The molecule has 0 aromatic carbocycles. The number of nitrogens with zero attached hydrogens (tertiary/aromatic N) is 2. The number of nitrogens with two attached hydrogens (primary N) is 1. The lowest BCUT2D eigenvalue weighted by Gasteiger charge is -2.38. The van der Waals surface area contributed by atoms with E-state index in [0.29, 0.717) is 18.2 Å². The molecule has 0 spiro atoms. The second-order valence-corrected chi connectivity index (χ2v) is 5.49. The summed E-state index contributed by atoms with van der Waals surface area (Å²) in [5.74, 6) is 0. The van der Waals surface area contributed by atoms with Crippen LogP contribution in [0.15, 0.2) is 0 Å². The molecule has 2 N–H and O–H groups in total. The average Bonchev–Trinajstić information content (AvgIpc) is 2.57. The van der Waals surface area contributed by atoms with E-state index in [1.807, 2.05) is 0 Å². The van der Waals surface area contributed by atoms with Crippen LogP contribution >= 0.6 is 0 Å². The van der Waals surface area contributed by atoms with Crippen molar-refractivity contribution >= 4 is 0 Å². The summed E-state index contributed by atoms with van der Waals surface area (Å²) >= 11 is 0. The summed E-state index contributed by atoms with van der Waals surface area (Å²) in [5.41, 5.74) is 5.18. The summed E-state index contributed by atoms with van der Waals surface area (Å²) in [4.78, 5) is 2.42. The van der Waals surface area contributed by atoms with E-state index in [2.05, 4.69) is 17.9 Å². The average molecular weight is 223 g/mol. The summed E-state index contributed by atoms with van der Waals surface area (Å²) in [7, 11) is 0. The van der Waals surface area contributed by atoms with E-state index in [4.69, 9.17) is 15.7 Å².